The van der Waals surface area contributed by atoms with Crippen molar-refractivity contribution in [2.75, 3.05) is 26.4 Å². The molecular weight excluding hydrogens is 861 g/mol. The van der Waals surface area contributed by atoms with E-state index in [0.29, 0.717) is 13.0 Å². The van der Waals surface area contributed by atoms with E-state index in [0.717, 1.165) is 96.3 Å². The molecule has 4 N–H and O–H groups in total. The largest absolute Gasteiger partial charge is 0.457 e. The summed E-state index contributed by atoms with van der Waals surface area (Å²) in [6.45, 7) is 3.80. The molecule has 1 aliphatic rings. The number of carbonyl (C=O) groups excluding carboxylic acids is 1. The van der Waals surface area contributed by atoms with Crippen molar-refractivity contribution in [3.05, 3.63) is 85.1 Å². The third-order valence-electron chi connectivity index (χ3n) is 11.0. The molecule has 1 aliphatic heterocycles. The standard InChI is InChI=1S/C53H90O12S/c1-3-5-7-9-11-13-15-17-18-19-20-21-22-23-24-25-26-27-28-29-31-33-35-37-39-41-43-61-45-47(46-62-53-51(57)52(65-66(58,59)60)50(56)48(44-54)64-53)63-49(55)42-40-38-36-34-32-30-16-14-12-10-8-6-4-2/h5,7,11,13,17-18,20-21,23-24,26-27,29,31,47-48,50-54,56-57H,3-4,6,8-10,12,14-16,19,22,25,28,30,32-46H2,1-2H3,(H,58,59,60)/b7-5-,13-11-,18-17-,21-20-,24-23-,27-26-,31-29-. The molecule has 0 bridgehead atoms. The minimum atomic E-state index is -5.07. The summed E-state index contributed by atoms with van der Waals surface area (Å²) >= 11 is 0. The summed E-state index contributed by atoms with van der Waals surface area (Å²) in [5.41, 5.74) is 0. The molecule has 1 rings (SSSR count). The van der Waals surface area contributed by atoms with Crippen molar-refractivity contribution in [2.24, 2.45) is 0 Å². The number of esters is 1. The van der Waals surface area contributed by atoms with Crippen molar-refractivity contribution in [3.8, 4) is 0 Å². The van der Waals surface area contributed by atoms with Crippen LogP contribution in [0.2, 0.25) is 0 Å². The Labute approximate surface area is 400 Å². The molecule has 6 unspecified atom stereocenters. The van der Waals surface area contributed by atoms with Crippen LogP contribution in [0.15, 0.2) is 85.1 Å². The maximum absolute atomic E-state index is 12.9. The van der Waals surface area contributed by atoms with E-state index >= 15 is 0 Å². The van der Waals surface area contributed by atoms with Gasteiger partial charge in [-0.15, -0.1) is 0 Å². The van der Waals surface area contributed by atoms with Gasteiger partial charge in [-0.1, -0.05) is 189 Å². The van der Waals surface area contributed by atoms with Crippen LogP contribution in [-0.2, 0) is 38.3 Å². The van der Waals surface area contributed by atoms with Gasteiger partial charge in [0.25, 0.3) is 0 Å². The van der Waals surface area contributed by atoms with E-state index in [1.807, 2.05) is 0 Å². The Bertz CT molecular complexity index is 1470. The number of allylic oxidation sites excluding steroid dienone is 14. The zero-order valence-electron chi connectivity index (χ0n) is 40.7. The first-order chi connectivity index (χ1) is 32.1. The first kappa shape index (κ1) is 61.3. The zero-order valence-corrected chi connectivity index (χ0v) is 41.5. The van der Waals surface area contributed by atoms with Crippen LogP contribution in [0, 0.1) is 0 Å². The first-order valence-corrected chi connectivity index (χ1v) is 26.7. The number of aliphatic hydroxyl groups is 3. The lowest BCUT2D eigenvalue weighted by Gasteiger charge is -2.41. The highest BCUT2D eigenvalue weighted by Crippen LogP contribution is 2.26. The van der Waals surface area contributed by atoms with Crippen LogP contribution >= 0.6 is 0 Å². The molecule has 0 aromatic carbocycles. The number of carbonyl (C=O) groups is 1. The summed E-state index contributed by atoms with van der Waals surface area (Å²) in [7, 11) is -5.07. The molecule has 12 nitrogen and oxygen atoms in total. The fourth-order valence-electron chi connectivity index (χ4n) is 7.24. The van der Waals surface area contributed by atoms with Gasteiger partial charge in [-0.25, -0.2) is 4.18 Å². The normalized spacial score (nSPS) is 20.2. The minimum Gasteiger partial charge on any atom is -0.457 e. The average Bonchev–Trinajstić information content (AvgIpc) is 3.29. The molecule has 1 heterocycles. The Balaban J connectivity index is 2.37. The number of ether oxygens (including phenoxy) is 4. The summed E-state index contributed by atoms with van der Waals surface area (Å²) in [5.74, 6) is -0.412. The maximum atomic E-state index is 12.9. The Morgan fingerprint density at radius 3 is 1.53 bits per heavy atom. The topological polar surface area (TPSA) is 178 Å². The van der Waals surface area contributed by atoms with Crippen LogP contribution < -0.4 is 0 Å². The molecule has 6 atom stereocenters. The van der Waals surface area contributed by atoms with Gasteiger partial charge in [-0.2, -0.15) is 8.42 Å². The number of hydrogen-bond acceptors (Lipinski definition) is 11. The zero-order chi connectivity index (χ0) is 48.2. The van der Waals surface area contributed by atoms with Gasteiger partial charge in [-0.3, -0.25) is 9.35 Å². The van der Waals surface area contributed by atoms with Gasteiger partial charge < -0.3 is 34.3 Å². The van der Waals surface area contributed by atoms with Crippen LogP contribution in [0.1, 0.15) is 181 Å². The number of hydrogen-bond donors (Lipinski definition) is 4. The van der Waals surface area contributed by atoms with Gasteiger partial charge in [0.05, 0.1) is 19.8 Å². The van der Waals surface area contributed by atoms with Crippen LogP contribution in [0.25, 0.3) is 0 Å². The van der Waals surface area contributed by atoms with Gasteiger partial charge in [0.15, 0.2) is 6.29 Å². The second-order valence-electron chi connectivity index (χ2n) is 17.0. The SMILES string of the molecule is CC/C=C\C/C=C\C/C=C\C/C=C\C/C=C\C/C=C\C/C=C\CCCCCCOCC(COC1OC(CO)C(O)C(OS(=O)(=O)O)C1O)OC(=O)CCCCCCCCCCCCCCC. The summed E-state index contributed by atoms with van der Waals surface area (Å²) in [6.07, 6.45) is 49.0. The molecule has 0 saturated carbocycles. The number of unbranched alkanes of at least 4 members (excludes halogenated alkanes) is 16. The predicted octanol–water partition coefficient (Wildman–Crippen LogP) is 11.6. The maximum Gasteiger partial charge on any atom is 0.397 e. The molecule has 13 heteroatoms. The van der Waals surface area contributed by atoms with Crippen molar-refractivity contribution in [1.29, 1.82) is 0 Å². The average molecular weight is 951 g/mol. The highest BCUT2D eigenvalue weighted by atomic mass is 32.3. The predicted molar refractivity (Wildman–Crippen MR) is 266 cm³/mol. The highest BCUT2D eigenvalue weighted by molar-refractivity contribution is 7.80. The molecule has 1 saturated heterocycles. The highest BCUT2D eigenvalue weighted by Gasteiger charge is 2.48. The van der Waals surface area contributed by atoms with Crippen LogP contribution in [-0.4, -0.2) is 97.5 Å². The first-order valence-electron chi connectivity index (χ1n) is 25.3. The van der Waals surface area contributed by atoms with Gasteiger partial charge in [0, 0.05) is 13.0 Å². The molecule has 0 aliphatic carbocycles. The van der Waals surface area contributed by atoms with Crippen LogP contribution in [0.4, 0.5) is 0 Å². The van der Waals surface area contributed by atoms with E-state index in [1.165, 1.54) is 57.8 Å². The second kappa shape index (κ2) is 43.6. The Hall–Kier alpha value is -2.72. The lowest BCUT2D eigenvalue weighted by molar-refractivity contribution is -0.301. The van der Waals surface area contributed by atoms with E-state index in [1.54, 1.807) is 0 Å². The molecular formula is C53H90O12S. The van der Waals surface area contributed by atoms with Crippen molar-refractivity contribution >= 4 is 16.4 Å². The number of aliphatic hydroxyl groups excluding tert-OH is 3. The van der Waals surface area contributed by atoms with Gasteiger partial charge in [-0.05, 0) is 70.6 Å². The van der Waals surface area contributed by atoms with Gasteiger partial charge >= 0.3 is 16.4 Å². The van der Waals surface area contributed by atoms with E-state index in [2.05, 4.69) is 103 Å². The lowest BCUT2D eigenvalue weighted by atomic mass is 9.99. The van der Waals surface area contributed by atoms with E-state index in [9.17, 15) is 33.1 Å². The smallest absolute Gasteiger partial charge is 0.397 e. The van der Waals surface area contributed by atoms with Crippen molar-refractivity contribution in [3.63, 3.8) is 0 Å². The Morgan fingerprint density at radius 1 is 0.591 bits per heavy atom. The Morgan fingerprint density at radius 2 is 1.05 bits per heavy atom. The molecule has 0 aromatic rings. The van der Waals surface area contributed by atoms with Crippen molar-refractivity contribution in [1.82, 2.24) is 0 Å². The van der Waals surface area contributed by atoms with Gasteiger partial charge in [0.1, 0.15) is 30.5 Å². The van der Waals surface area contributed by atoms with Crippen LogP contribution in [0.5, 0.6) is 0 Å². The van der Waals surface area contributed by atoms with Crippen LogP contribution in [0.3, 0.4) is 0 Å². The Kier molecular flexibility index (Phi) is 40.4. The van der Waals surface area contributed by atoms with Gasteiger partial charge in [0.2, 0.25) is 0 Å². The summed E-state index contributed by atoms with van der Waals surface area (Å²) < 4.78 is 59.2. The third-order valence-corrected chi connectivity index (χ3v) is 11.5. The van der Waals surface area contributed by atoms with Crippen molar-refractivity contribution in [2.45, 2.75) is 218 Å². The molecule has 0 aromatic heterocycles. The third kappa shape index (κ3) is 36.3. The fourth-order valence-corrected chi connectivity index (χ4v) is 7.75. The fraction of sp³-hybridized carbons (Fsp3) is 0.717. The molecule has 66 heavy (non-hydrogen) atoms. The molecule has 1 fully saturated rings. The number of rotatable bonds is 43. The minimum absolute atomic E-state index is 0.0154. The summed E-state index contributed by atoms with van der Waals surface area (Å²) in [5, 5.41) is 30.7. The second-order valence-corrected chi connectivity index (χ2v) is 18.1. The van der Waals surface area contributed by atoms with Crippen molar-refractivity contribution < 1.29 is 56.2 Å². The van der Waals surface area contributed by atoms with E-state index in [-0.39, 0.29) is 19.6 Å². The monoisotopic (exact) mass is 951 g/mol. The molecule has 380 valence electrons. The molecule has 0 amide bonds. The summed E-state index contributed by atoms with van der Waals surface area (Å²) in [4.78, 5) is 12.9. The molecule has 0 radical (unpaired) electrons. The lowest BCUT2D eigenvalue weighted by Crippen LogP contribution is -2.60. The molecule has 0 spiro atoms. The van der Waals surface area contributed by atoms with E-state index < -0.39 is 59.8 Å². The van der Waals surface area contributed by atoms with E-state index in [4.69, 9.17) is 18.9 Å². The summed E-state index contributed by atoms with van der Waals surface area (Å²) in [6, 6.07) is 0. The quantitative estimate of drug-likeness (QED) is 0.0197.